The molecule has 1 aliphatic heterocycles. The zero-order valence-electron chi connectivity index (χ0n) is 8.55. The van der Waals surface area contributed by atoms with Gasteiger partial charge in [-0.2, -0.15) is 0 Å². The van der Waals surface area contributed by atoms with Gasteiger partial charge in [0.25, 0.3) is 0 Å². The van der Waals surface area contributed by atoms with Crippen molar-refractivity contribution in [3.05, 3.63) is 35.9 Å². The van der Waals surface area contributed by atoms with E-state index in [2.05, 4.69) is 0 Å². The number of fused-ring (bicyclic) bond motifs is 1. The maximum atomic E-state index is 11.6. The van der Waals surface area contributed by atoms with Crippen LogP contribution in [0.25, 0.3) is 0 Å². The van der Waals surface area contributed by atoms with Gasteiger partial charge >= 0.3 is 5.97 Å². The van der Waals surface area contributed by atoms with Gasteiger partial charge in [-0.25, -0.2) is 0 Å². The lowest BCUT2D eigenvalue weighted by molar-refractivity contribution is -0.148. The molecule has 82 valence electrons. The Bertz CT molecular complexity index is 470. The number of carbonyl (C=O) groups excluding carboxylic acids is 2. The number of cyclic esters (lactones) is 1. The molecule has 16 heavy (non-hydrogen) atoms. The van der Waals surface area contributed by atoms with Crippen LogP contribution in [-0.2, 0) is 14.3 Å². The third kappa shape index (κ3) is 0.894. The van der Waals surface area contributed by atoms with E-state index in [1.165, 1.54) is 0 Å². The number of ether oxygens (including phenoxy) is 1. The minimum Gasteiger partial charge on any atom is -0.464 e. The van der Waals surface area contributed by atoms with E-state index in [9.17, 15) is 9.59 Å². The summed E-state index contributed by atoms with van der Waals surface area (Å²) < 4.78 is 4.89. The molecule has 1 saturated carbocycles. The smallest absolute Gasteiger partial charge is 0.322 e. The van der Waals surface area contributed by atoms with Crippen molar-refractivity contribution in [2.75, 3.05) is 6.61 Å². The van der Waals surface area contributed by atoms with Crippen molar-refractivity contribution in [3.8, 4) is 0 Å². The lowest BCUT2D eigenvalue weighted by Crippen LogP contribution is -2.33. The van der Waals surface area contributed by atoms with Crippen molar-refractivity contribution >= 4 is 11.9 Å². The van der Waals surface area contributed by atoms with E-state index < -0.39 is 17.3 Å². The normalized spacial score (nSPS) is 35.4. The molecule has 1 amide bonds. The maximum absolute atomic E-state index is 11.6. The second-order valence-corrected chi connectivity index (χ2v) is 4.33. The van der Waals surface area contributed by atoms with Crippen LogP contribution in [0.5, 0.6) is 0 Å². The van der Waals surface area contributed by atoms with Crippen LogP contribution in [0.3, 0.4) is 0 Å². The average Bonchev–Trinajstić information content (AvgIpc) is 2.86. The van der Waals surface area contributed by atoms with E-state index in [4.69, 9.17) is 10.5 Å². The number of hydrogen-bond acceptors (Lipinski definition) is 3. The lowest BCUT2D eigenvalue weighted by atomic mass is 9.98. The Labute approximate surface area is 92.4 Å². The van der Waals surface area contributed by atoms with Crippen LogP contribution in [0.4, 0.5) is 0 Å². The van der Waals surface area contributed by atoms with Gasteiger partial charge in [-0.3, -0.25) is 9.59 Å². The number of primary amides is 1. The van der Waals surface area contributed by atoms with Crippen LogP contribution < -0.4 is 5.73 Å². The molecule has 2 unspecified atom stereocenters. The van der Waals surface area contributed by atoms with Crippen molar-refractivity contribution < 1.29 is 14.3 Å². The number of rotatable bonds is 2. The summed E-state index contributed by atoms with van der Waals surface area (Å²) >= 11 is 0. The number of esters is 1. The molecule has 3 rings (SSSR count). The predicted molar refractivity (Wildman–Crippen MR) is 55.3 cm³/mol. The minimum atomic E-state index is -1.08. The topological polar surface area (TPSA) is 69.4 Å². The monoisotopic (exact) mass is 217 g/mol. The van der Waals surface area contributed by atoms with Gasteiger partial charge in [-0.05, 0) is 5.56 Å². The van der Waals surface area contributed by atoms with Crippen LogP contribution in [0.2, 0.25) is 0 Å². The molecule has 1 aliphatic carbocycles. The highest BCUT2D eigenvalue weighted by Crippen LogP contribution is 2.68. The number of amides is 1. The van der Waals surface area contributed by atoms with Gasteiger partial charge < -0.3 is 10.5 Å². The molecule has 1 aromatic carbocycles. The van der Waals surface area contributed by atoms with Gasteiger partial charge in [0.1, 0.15) is 0 Å². The summed E-state index contributed by atoms with van der Waals surface area (Å²) in [6, 6.07) is 9.52. The molecule has 1 saturated heterocycles. The molecular weight excluding hydrogens is 206 g/mol. The van der Waals surface area contributed by atoms with Crippen molar-refractivity contribution in [2.45, 2.75) is 5.92 Å². The summed E-state index contributed by atoms with van der Waals surface area (Å²) in [4.78, 5) is 23.1. The van der Waals surface area contributed by atoms with Crippen LogP contribution in [0.15, 0.2) is 30.3 Å². The molecule has 1 aromatic rings. The number of benzene rings is 1. The molecule has 4 nitrogen and oxygen atoms in total. The quantitative estimate of drug-likeness (QED) is 0.577. The SMILES string of the molecule is NC(=O)[C@@]12C(=O)OCC1C2c1ccccc1. The molecule has 2 aliphatic rings. The molecule has 1 heterocycles. The van der Waals surface area contributed by atoms with Crippen molar-refractivity contribution in [2.24, 2.45) is 17.1 Å². The highest BCUT2D eigenvalue weighted by molar-refractivity contribution is 6.09. The fraction of sp³-hybridized carbons (Fsp3) is 0.333. The summed E-state index contributed by atoms with van der Waals surface area (Å²) in [7, 11) is 0. The Morgan fingerprint density at radius 3 is 2.62 bits per heavy atom. The molecular formula is C12H11NO3. The van der Waals surface area contributed by atoms with E-state index in [1.54, 1.807) is 0 Å². The first-order valence-electron chi connectivity index (χ1n) is 5.21. The van der Waals surface area contributed by atoms with Gasteiger partial charge in [0.2, 0.25) is 5.91 Å². The predicted octanol–water partition coefficient (Wildman–Crippen LogP) is 0.428. The first-order chi connectivity index (χ1) is 7.69. The molecule has 2 N–H and O–H groups in total. The summed E-state index contributed by atoms with van der Waals surface area (Å²) in [5, 5.41) is 0. The Morgan fingerprint density at radius 1 is 1.38 bits per heavy atom. The number of carbonyl (C=O) groups is 2. The molecule has 3 atom stereocenters. The van der Waals surface area contributed by atoms with Crippen LogP contribution in [0, 0.1) is 11.3 Å². The van der Waals surface area contributed by atoms with Gasteiger partial charge in [-0.1, -0.05) is 30.3 Å². The molecule has 0 bridgehead atoms. The van der Waals surface area contributed by atoms with Gasteiger partial charge in [-0.15, -0.1) is 0 Å². The third-order valence-corrected chi connectivity index (χ3v) is 3.67. The van der Waals surface area contributed by atoms with Crippen molar-refractivity contribution in [3.63, 3.8) is 0 Å². The third-order valence-electron chi connectivity index (χ3n) is 3.67. The fourth-order valence-electron chi connectivity index (χ4n) is 2.84. The van der Waals surface area contributed by atoms with E-state index in [0.29, 0.717) is 6.61 Å². The van der Waals surface area contributed by atoms with Crippen LogP contribution >= 0.6 is 0 Å². The first kappa shape index (κ1) is 9.39. The fourth-order valence-corrected chi connectivity index (χ4v) is 2.84. The highest BCUT2D eigenvalue weighted by atomic mass is 16.5. The second-order valence-electron chi connectivity index (χ2n) is 4.33. The van der Waals surface area contributed by atoms with Gasteiger partial charge in [0, 0.05) is 11.8 Å². The maximum Gasteiger partial charge on any atom is 0.322 e. The van der Waals surface area contributed by atoms with Crippen LogP contribution in [-0.4, -0.2) is 18.5 Å². The van der Waals surface area contributed by atoms with Crippen molar-refractivity contribution in [1.29, 1.82) is 0 Å². The second kappa shape index (κ2) is 2.84. The molecule has 2 fully saturated rings. The van der Waals surface area contributed by atoms with E-state index >= 15 is 0 Å². The van der Waals surface area contributed by atoms with E-state index in [-0.39, 0.29) is 11.8 Å². The first-order valence-corrected chi connectivity index (χ1v) is 5.21. The largest absolute Gasteiger partial charge is 0.464 e. The zero-order chi connectivity index (χ0) is 11.3. The van der Waals surface area contributed by atoms with E-state index in [1.807, 2.05) is 30.3 Å². The lowest BCUT2D eigenvalue weighted by Gasteiger charge is -2.09. The average molecular weight is 217 g/mol. The summed E-state index contributed by atoms with van der Waals surface area (Å²) in [6.45, 7) is 0.307. The highest BCUT2D eigenvalue weighted by Gasteiger charge is 2.78. The Kier molecular flexibility index (Phi) is 1.67. The summed E-state index contributed by atoms with van der Waals surface area (Å²) in [5.74, 6) is -1.18. The summed E-state index contributed by atoms with van der Waals surface area (Å²) in [6.07, 6.45) is 0. The molecule has 0 aromatic heterocycles. The number of nitrogens with two attached hydrogens (primary N) is 1. The van der Waals surface area contributed by atoms with Gasteiger partial charge in [0.05, 0.1) is 6.61 Å². The van der Waals surface area contributed by atoms with Crippen LogP contribution in [0.1, 0.15) is 11.5 Å². The Hall–Kier alpha value is -1.84. The standard InChI is InChI=1S/C12H11NO3/c13-10(14)12-8(6-16-11(12)15)9(12)7-4-2-1-3-5-7/h1-5,8-9H,6H2,(H2,13,14)/t8?,9?,12-/m1/s1. The molecule has 0 radical (unpaired) electrons. The summed E-state index contributed by atoms with van der Waals surface area (Å²) in [5.41, 5.74) is 5.26. The zero-order valence-corrected chi connectivity index (χ0v) is 8.55. The molecule has 4 heteroatoms. The molecule has 0 spiro atoms. The van der Waals surface area contributed by atoms with Gasteiger partial charge in [0.15, 0.2) is 5.41 Å². The number of hydrogen-bond donors (Lipinski definition) is 1. The minimum absolute atomic E-state index is 0.0695. The van der Waals surface area contributed by atoms with E-state index in [0.717, 1.165) is 5.56 Å². The Balaban J connectivity index is 2.03. The van der Waals surface area contributed by atoms with Crippen molar-refractivity contribution in [1.82, 2.24) is 0 Å². The Morgan fingerprint density at radius 2 is 2.06 bits per heavy atom.